The first-order chi connectivity index (χ1) is 18.9. The van der Waals surface area contributed by atoms with Crippen LogP contribution in [-0.4, -0.2) is 55.6 Å². The SMILES string of the molecule is O=C(c1cccc(F)c1)N1CCC2(CCn3c(nc(-c4ccncc4)cc3=O)N2C[C@H](O)c2ccccc2)C1. The third-order valence-corrected chi connectivity index (χ3v) is 7.81. The van der Waals surface area contributed by atoms with Crippen LogP contribution in [0.2, 0.25) is 0 Å². The van der Waals surface area contributed by atoms with E-state index in [1.165, 1.54) is 24.3 Å². The van der Waals surface area contributed by atoms with Gasteiger partial charge in [0.1, 0.15) is 5.82 Å². The molecule has 0 bridgehead atoms. The van der Waals surface area contributed by atoms with Crippen LogP contribution in [0.5, 0.6) is 0 Å². The van der Waals surface area contributed by atoms with Gasteiger partial charge >= 0.3 is 0 Å². The van der Waals surface area contributed by atoms with Crippen molar-refractivity contribution in [3.8, 4) is 11.3 Å². The minimum atomic E-state index is -0.843. The van der Waals surface area contributed by atoms with Crippen LogP contribution >= 0.6 is 0 Å². The van der Waals surface area contributed by atoms with Gasteiger partial charge in [-0.2, -0.15) is 0 Å². The van der Waals surface area contributed by atoms with Gasteiger partial charge in [0.25, 0.3) is 11.5 Å². The van der Waals surface area contributed by atoms with Gasteiger partial charge in [-0.3, -0.25) is 19.1 Å². The van der Waals surface area contributed by atoms with Gasteiger partial charge in [-0.05, 0) is 48.7 Å². The number of likely N-dealkylation sites (tertiary alicyclic amines) is 1. The Bertz CT molecular complexity index is 1560. The molecular formula is C30H28FN5O3. The topological polar surface area (TPSA) is 91.6 Å². The third-order valence-electron chi connectivity index (χ3n) is 7.81. The maximum Gasteiger partial charge on any atom is 0.255 e. The van der Waals surface area contributed by atoms with Gasteiger partial charge < -0.3 is 14.9 Å². The summed E-state index contributed by atoms with van der Waals surface area (Å²) in [5.41, 5.74) is 1.62. The van der Waals surface area contributed by atoms with Gasteiger partial charge in [0.15, 0.2) is 0 Å². The van der Waals surface area contributed by atoms with Gasteiger partial charge in [-0.1, -0.05) is 36.4 Å². The Morgan fingerprint density at radius 1 is 1.00 bits per heavy atom. The number of benzene rings is 2. The highest BCUT2D eigenvalue weighted by Gasteiger charge is 2.48. The maximum absolute atomic E-state index is 13.9. The highest BCUT2D eigenvalue weighted by molar-refractivity contribution is 5.94. The van der Waals surface area contributed by atoms with Crippen LogP contribution in [0, 0.1) is 5.82 Å². The summed E-state index contributed by atoms with van der Waals surface area (Å²) in [6.45, 7) is 1.48. The molecule has 2 aliphatic heterocycles. The smallest absolute Gasteiger partial charge is 0.255 e. The van der Waals surface area contributed by atoms with Crippen molar-refractivity contribution in [1.82, 2.24) is 19.4 Å². The molecule has 2 aromatic heterocycles. The average Bonchev–Trinajstić information content (AvgIpc) is 3.39. The number of pyridine rings is 1. The molecule has 6 rings (SSSR count). The van der Waals surface area contributed by atoms with E-state index in [0.717, 1.165) is 11.1 Å². The minimum Gasteiger partial charge on any atom is -0.387 e. The number of β-amino-alcohol motifs (C(OH)–C–C–N with tert-alkyl or cyclic N) is 1. The zero-order chi connectivity index (χ0) is 27.0. The van der Waals surface area contributed by atoms with Crippen molar-refractivity contribution in [2.75, 3.05) is 24.5 Å². The highest BCUT2D eigenvalue weighted by Crippen LogP contribution is 2.40. The number of aliphatic hydroxyl groups excluding tert-OH is 1. The molecule has 2 aliphatic rings. The van der Waals surface area contributed by atoms with Gasteiger partial charge in [-0.15, -0.1) is 0 Å². The van der Waals surface area contributed by atoms with Crippen molar-refractivity contribution in [2.24, 2.45) is 0 Å². The van der Waals surface area contributed by atoms with Crippen molar-refractivity contribution in [3.63, 3.8) is 0 Å². The third kappa shape index (κ3) is 4.70. The van der Waals surface area contributed by atoms with E-state index in [1.807, 2.05) is 35.2 Å². The highest BCUT2D eigenvalue weighted by atomic mass is 19.1. The number of aliphatic hydroxyl groups is 1. The van der Waals surface area contributed by atoms with Crippen molar-refractivity contribution in [2.45, 2.75) is 31.0 Å². The Kier molecular flexibility index (Phi) is 6.44. The van der Waals surface area contributed by atoms with Crippen LogP contribution in [-0.2, 0) is 6.54 Å². The summed E-state index contributed by atoms with van der Waals surface area (Å²) in [4.78, 5) is 39.3. The van der Waals surface area contributed by atoms with E-state index in [9.17, 15) is 19.1 Å². The Morgan fingerprint density at radius 2 is 1.77 bits per heavy atom. The summed E-state index contributed by atoms with van der Waals surface area (Å²) >= 11 is 0. The monoisotopic (exact) mass is 525 g/mol. The predicted octanol–water partition coefficient (Wildman–Crippen LogP) is 3.67. The molecule has 4 heterocycles. The molecule has 1 spiro atoms. The van der Waals surface area contributed by atoms with E-state index in [-0.39, 0.29) is 18.0 Å². The molecule has 0 saturated carbocycles. The van der Waals surface area contributed by atoms with Crippen LogP contribution in [0.1, 0.15) is 34.9 Å². The fourth-order valence-electron chi connectivity index (χ4n) is 5.73. The summed E-state index contributed by atoms with van der Waals surface area (Å²) in [6, 6.07) is 20.2. The predicted molar refractivity (Wildman–Crippen MR) is 145 cm³/mol. The number of rotatable bonds is 5. The Hall–Kier alpha value is -4.37. The standard InChI is InChI=1S/C30H28FN5O3/c31-24-8-4-7-23(17-24)28(39)34-15-11-30(20-34)12-16-35-27(38)18-25(21-9-13-32-14-10-21)33-29(35)36(30)19-26(37)22-5-2-1-3-6-22/h1-10,13-14,17-18,26,37H,11-12,15-16,19-20H2/t26-,30?/m0/s1. The lowest BCUT2D eigenvalue weighted by Crippen LogP contribution is -2.58. The summed E-state index contributed by atoms with van der Waals surface area (Å²) in [5.74, 6) is -0.229. The molecule has 0 aliphatic carbocycles. The summed E-state index contributed by atoms with van der Waals surface area (Å²) < 4.78 is 15.5. The number of nitrogens with zero attached hydrogens (tertiary/aromatic N) is 5. The van der Waals surface area contributed by atoms with Crippen LogP contribution in [0.15, 0.2) is 90.0 Å². The van der Waals surface area contributed by atoms with Crippen molar-refractivity contribution < 1.29 is 14.3 Å². The molecule has 1 unspecified atom stereocenters. The number of amides is 1. The lowest BCUT2D eigenvalue weighted by atomic mass is 9.89. The van der Waals surface area contributed by atoms with Crippen LogP contribution in [0.3, 0.4) is 0 Å². The molecule has 4 aromatic rings. The number of aromatic nitrogens is 3. The van der Waals surface area contributed by atoms with Crippen molar-refractivity contribution >= 4 is 11.9 Å². The normalized spacial score (nSPS) is 19.2. The largest absolute Gasteiger partial charge is 0.387 e. The molecule has 1 amide bonds. The van der Waals surface area contributed by atoms with E-state index in [2.05, 4.69) is 4.98 Å². The Labute approximate surface area is 225 Å². The molecule has 9 heteroatoms. The van der Waals surface area contributed by atoms with E-state index < -0.39 is 17.5 Å². The lowest BCUT2D eigenvalue weighted by molar-refractivity contribution is 0.0777. The molecule has 2 aromatic carbocycles. The second-order valence-corrected chi connectivity index (χ2v) is 10.2. The van der Waals surface area contributed by atoms with Crippen LogP contribution in [0.25, 0.3) is 11.3 Å². The summed E-state index contributed by atoms with van der Waals surface area (Å²) in [7, 11) is 0. The van der Waals surface area contributed by atoms with E-state index in [1.54, 1.807) is 40.1 Å². The first-order valence-corrected chi connectivity index (χ1v) is 13.0. The van der Waals surface area contributed by atoms with E-state index in [4.69, 9.17) is 4.98 Å². The minimum absolute atomic E-state index is 0.174. The number of fused-ring (bicyclic) bond motifs is 1. The maximum atomic E-state index is 13.9. The second kappa shape index (κ2) is 10.1. The molecule has 39 heavy (non-hydrogen) atoms. The molecule has 1 fully saturated rings. The Balaban J connectivity index is 1.40. The van der Waals surface area contributed by atoms with Gasteiger partial charge in [0, 0.05) is 49.2 Å². The second-order valence-electron chi connectivity index (χ2n) is 10.2. The molecule has 2 atom stereocenters. The van der Waals surface area contributed by atoms with Gasteiger partial charge in [0.2, 0.25) is 5.95 Å². The van der Waals surface area contributed by atoms with E-state index >= 15 is 0 Å². The number of carbonyl (C=O) groups excluding carboxylic acids is 1. The number of hydrogen-bond acceptors (Lipinski definition) is 6. The first-order valence-electron chi connectivity index (χ1n) is 13.0. The Morgan fingerprint density at radius 3 is 2.54 bits per heavy atom. The molecule has 198 valence electrons. The number of carbonyl (C=O) groups is 1. The number of halogens is 1. The number of anilines is 1. The fraction of sp³-hybridized carbons (Fsp3) is 0.267. The summed E-state index contributed by atoms with van der Waals surface area (Å²) in [5, 5.41) is 11.3. The molecule has 0 radical (unpaired) electrons. The lowest BCUT2D eigenvalue weighted by Gasteiger charge is -2.47. The van der Waals surface area contributed by atoms with Crippen LogP contribution < -0.4 is 10.5 Å². The molecular weight excluding hydrogens is 497 g/mol. The zero-order valence-electron chi connectivity index (χ0n) is 21.3. The van der Waals surface area contributed by atoms with Crippen molar-refractivity contribution in [3.05, 3.63) is 112 Å². The average molecular weight is 526 g/mol. The quantitative estimate of drug-likeness (QED) is 0.428. The molecule has 1 N–H and O–H groups in total. The fourth-order valence-corrected chi connectivity index (χ4v) is 5.73. The summed E-state index contributed by atoms with van der Waals surface area (Å²) in [6.07, 6.45) is 3.69. The zero-order valence-corrected chi connectivity index (χ0v) is 21.3. The molecule has 1 saturated heterocycles. The number of hydrogen-bond donors (Lipinski definition) is 1. The van der Waals surface area contributed by atoms with Gasteiger partial charge in [0.05, 0.1) is 23.9 Å². The first kappa shape index (κ1) is 24.9. The van der Waals surface area contributed by atoms with E-state index in [0.29, 0.717) is 49.7 Å². The van der Waals surface area contributed by atoms with Gasteiger partial charge in [-0.25, -0.2) is 9.37 Å². The van der Waals surface area contributed by atoms with Crippen LogP contribution in [0.4, 0.5) is 10.3 Å². The van der Waals surface area contributed by atoms with Crippen molar-refractivity contribution in [1.29, 1.82) is 0 Å². The molecule has 8 nitrogen and oxygen atoms in total.